The molecule has 0 spiro atoms. The smallest absolute Gasteiger partial charge is 0.407 e. The zero-order valence-electron chi connectivity index (χ0n) is 15.9. The summed E-state index contributed by atoms with van der Waals surface area (Å²) in [7, 11) is 0. The van der Waals surface area contributed by atoms with Crippen molar-refractivity contribution in [1.82, 2.24) is 24.8 Å². The van der Waals surface area contributed by atoms with Crippen LogP contribution < -0.4 is 16.6 Å². The lowest BCUT2D eigenvalue weighted by atomic mass is 10.2. The molecule has 12 nitrogen and oxygen atoms in total. The lowest BCUT2D eigenvalue weighted by Crippen LogP contribution is -2.31. The molecule has 0 aliphatic heterocycles. The first-order valence-corrected chi connectivity index (χ1v) is 8.91. The lowest BCUT2D eigenvalue weighted by Gasteiger charge is -2.08. The topological polar surface area (TPSA) is 163 Å². The van der Waals surface area contributed by atoms with Gasteiger partial charge in [-0.1, -0.05) is 30.3 Å². The van der Waals surface area contributed by atoms with Crippen LogP contribution in [0.25, 0.3) is 11.2 Å². The standard InChI is InChI=1S/C18H20N6O6/c19-17-22-15-14(16(26)23-17)21-10-24(15)11-28-6-7-29-13(25)8-20-18(27)30-9-12-4-2-1-3-5-12/h1-5,10H,6-9,11H2,(H,20,27)(H3,19,22,23,26). The Labute approximate surface area is 170 Å². The molecular weight excluding hydrogens is 396 g/mol. The Morgan fingerprint density at radius 1 is 1.17 bits per heavy atom. The van der Waals surface area contributed by atoms with Gasteiger partial charge in [-0.25, -0.2) is 9.78 Å². The molecule has 12 heteroatoms. The Morgan fingerprint density at radius 2 is 1.97 bits per heavy atom. The number of aromatic nitrogens is 4. The Balaban J connectivity index is 1.30. The van der Waals surface area contributed by atoms with E-state index in [0.717, 1.165) is 5.56 Å². The number of nitrogens with zero attached hydrogens (tertiary/aromatic N) is 3. The molecule has 0 fully saturated rings. The van der Waals surface area contributed by atoms with Gasteiger partial charge in [0, 0.05) is 0 Å². The van der Waals surface area contributed by atoms with Crippen LogP contribution in [0.4, 0.5) is 10.7 Å². The van der Waals surface area contributed by atoms with Crippen molar-refractivity contribution in [3.05, 3.63) is 52.6 Å². The number of H-pyrrole nitrogens is 1. The fourth-order valence-electron chi connectivity index (χ4n) is 2.41. The molecule has 158 valence electrons. The molecule has 2 heterocycles. The number of hydrogen-bond acceptors (Lipinski definition) is 9. The summed E-state index contributed by atoms with van der Waals surface area (Å²) in [6.45, 7) is -0.129. The molecule has 2 aromatic heterocycles. The van der Waals surface area contributed by atoms with Crippen molar-refractivity contribution in [2.75, 3.05) is 25.5 Å². The zero-order valence-corrected chi connectivity index (χ0v) is 15.9. The number of aromatic amines is 1. The number of rotatable bonds is 9. The van der Waals surface area contributed by atoms with Crippen LogP contribution in [-0.2, 0) is 32.3 Å². The molecule has 3 aromatic rings. The molecule has 1 aromatic carbocycles. The van der Waals surface area contributed by atoms with Crippen LogP contribution in [0.5, 0.6) is 0 Å². The van der Waals surface area contributed by atoms with E-state index in [1.54, 1.807) is 0 Å². The fourth-order valence-corrected chi connectivity index (χ4v) is 2.41. The normalized spacial score (nSPS) is 10.7. The van der Waals surface area contributed by atoms with Crippen LogP contribution in [0.1, 0.15) is 5.56 Å². The molecule has 0 saturated carbocycles. The third-order valence-electron chi connectivity index (χ3n) is 3.80. The third-order valence-corrected chi connectivity index (χ3v) is 3.80. The number of nitrogen functional groups attached to an aromatic ring is 1. The van der Waals surface area contributed by atoms with E-state index in [4.69, 9.17) is 19.9 Å². The molecule has 0 unspecified atom stereocenters. The van der Waals surface area contributed by atoms with Gasteiger partial charge in [-0.15, -0.1) is 0 Å². The van der Waals surface area contributed by atoms with E-state index in [0.29, 0.717) is 0 Å². The first kappa shape index (κ1) is 20.8. The summed E-state index contributed by atoms with van der Waals surface area (Å²) >= 11 is 0. The molecule has 0 saturated heterocycles. The summed E-state index contributed by atoms with van der Waals surface area (Å²) in [6.07, 6.45) is 0.671. The van der Waals surface area contributed by atoms with Crippen molar-refractivity contribution in [3.63, 3.8) is 0 Å². The van der Waals surface area contributed by atoms with Gasteiger partial charge in [0.2, 0.25) is 5.95 Å². The number of esters is 1. The third kappa shape index (κ3) is 5.78. The summed E-state index contributed by atoms with van der Waals surface area (Å²) in [5.41, 5.74) is 6.33. The molecule has 3 rings (SSSR count). The van der Waals surface area contributed by atoms with Crippen molar-refractivity contribution in [1.29, 1.82) is 0 Å². The average molecular weight is 416 g/mol. The quantitative estimate of drug-likeness (QED) is 0.325. The maximum atomic E-state index is 11.7. The number of amides is 1. The Morgan fingerprint density at radius 3 is 2.77 bits per heavy atom. The highest BCUT2D eigenvalue weighted by molar-refractivity contribution is 5.77. The largest absolute Gasteiger partial charge is 0.462 e. The van der Waals surface area contributed by atoms with Gasteiger partial charge >= 0.3 is 12.1 Å². The van der Waals surface area contributed by atoms with Gasteiger partial charge in [-0.2, -0.15) is 4.98 Å². The molecule has 0 aliphatic carbocycles. The molecule has 30 heavy (non-hydrogen) atoms. The Kier molecular flexibility index (Phi) is 6.95. The monoisotopic (exact) mass is 416 g/mol. The Bertz CT molecular complexity index is 1060. The number of anilines is 1. The van der Waals surface area contributed by atoms with E-state index >= 15 is 0 Å². The van der Waals surface area contributed by atoms with E-state index in [-0.39, 0.29) is 50.2 Å². The second-order valence-corrected chi connectivity index (χ2v) is 6.01. The number of nitrogens with one attached hydrogen (secondary N) is 2. The molecule has 0 aliphatic rings. The molecule has 1 amide bonds. The number of imidazole rings is 1. The van der Waals surface area contributed by atoms with Crippen molar-refractivity contribution < 1.29 is 23.8 Å². The van der Waals surface area contributed by atoms with Crippen molar-refractivity contribution in [2.24, 2.45) is 0 Å². The van der Waals surface area contributed by atoms with E-state index in [2.05, 4.69) is 20.3 Å². The molecule has 0 bridgehead atoms. The first-order valence-electron chi connectivity index (χ1n) is 8.91. The number of carbonyl (C=O) groups is 2. The number of nitrogens with two attached hydrogens (primary N) is 1. The molecular formula is C18H20N6O6. The predicted octanol–water partition coefficient (Wildman–Crippen LogP) is 0.145. The lowest BCUT2D eigenvalue weighted by molar-refractivity contribution is -0.144. The number of fused-ring (bicyclic) bond motifs is 1. The van der Waals surface area contributed by atoms with E-state index in [1.807, 2.05) is 30.3 Å². The summed E-state index contributed by atoms with van der Waals surface area (Å²) in [6, 6.07) is 9.15. The summed E-state index contributed by atoms with van der Waals surface area (Å²) < 4.78 is 16.8. The van der Waals surface area contributed by atoms with Gasteiger partial charge in [0.1, 0.15) is 26.5 Å². The molecule has 0 atom stereocenters. The van der Waals surface area contributed by atoms with Crippen LogP contribution in [0.2, 0.25) is 0 Å². The molecule has 0 radical (unpaired) electrons. The second kappa shape index (κ2) is 10.0. The van der Waals surface area contributed by atoms with Crippen LogP contribution in [0.15, 0.2) is 41.5 Å². The molecule has 4 N–H and O–H groups in total. The van der Waals surface area contributed by atoms with Gasteiger partial charge in [0.25, 0.3) is 5.56 Å². The van der Waals surface area contributed by atoms with Gasteiger partial charge < -0.3 is 25.3 Å². The fraction of sp³-hybridized carbons (Fsp3) is 0.278. The summed E-state index contributed by atoms with van der Waals surface area (Å²) in [4.78, 5) is 45.2. The highest BCUT2D eigenvalue weighted by atomic mass is 16.6. The number of hydrogen-bond donors (Lipinski definition) is 3. The van der Waals surface area contributed by atoms with Gasteiger partial charge in [-0.05, 0) is 5.56 Å². The first-order chi connectivity index (χ1) is 14.5. The number of alkyl carbamates (subject to hydrolysis) is 1. The number of benzene rings is 1. The van der Waals surface area contributed by atoms with Crippen molar-refractivity contribution in [3.8, 4) is 0 Å². The summed E-state index contributed by atoms with van der Waals surface area (Å²) in [5.74, 6) is -0.665. The number of ether oxygens (including phenoxy) is 3. The number of carbonyl (C=O) groups excluding carboxylic acids is 2. The second-order valence-electron chi connectivity index (χ2n) is 6.01. The zero-order chi connectivity index (χ0) is 21.3. The minimum Gasteiger partial charge on any atom is -0.462 e. The highest BCUT2D eigenvalue weighted by Crippen LogP contribution is 2.06. The maximum absolute atomic E-state index is 11.7. The summed E-state index contributed by atoms with van der Waals surface area (Å²) in [5, 5.41) is 2.31. The average Bonchev–Trinajstić information content (AvgIpc) is 3.14. The maximum Gasteiger partial charge on any atom is 0.407 e. The van der Waals surface area contributed by atoms with Gasteiger partial charge in [0.05, 0.1) is 12.9 Å². The van der Waals surface area contributed by atoms with E-state index in [1.165, 1.54) is 10.9 Å². The van der Waals surface area contributed by atoms with Crippen molar-refractivity contribution >= 4 is 29.2 Å². The van der Waals surface area contributed by atoms with Crippen LogP contribution in [-0.4, -0.2) is 51.3 Å². The van der Waals surface area contributed by atoms with Crippen LogP contribution in [0.3, 0.4) is 0 Å². The van der Waals surface area contributed by atoms with E-state index < -0.39 is 17.6 Å². The van der Waals surface area contributed by atoms with Crippen LogP contribution in [0, 0.1) is 0 Å². The van der Waals surface area contributed by atoms with Crippen molar-refractivity contribution in [2.45, 2.75) is 13.3 Å². The predicted molar refractivity (Wildman–Crippen MR) is 104 cm³/mol. The minimum atomic E-state index is -0.721. The SMILES string of the molecule is Nc1nc2c(ncn2COCCOC(=O)CNC(=O)OCc2ccccc2)c(=O)[nH]1. The highest BCUT2D eigenvalue weighted by Gasteiger charge is 2.10. The minimum absolute atomic E-state index is 0.0254. The Hall–Kier alpha value is -3.93. The van der Waals surface area contributed by atoms with Crippen LogP contribution >= 0.6 is 0 Å². The van der Waals surface area contributed by atoms with Gasteiger partial charge in [-0.3, -0.25) is 19.1 Å². The van der Waals surface area contributed by atoms with E-state index in [9.17, 15) is 14.4 Å². The van der Waals surface area contributed by atoms with Gasteiger partial charge in [0.15, 0.2) is 11.2 Å².